The van der Waals surface area contributed by atoms with Crippen LogP contribution in [-0.2, 0) is 0 Å². The average molecular weight is 129 g/mol. The number of halogens is 1. The van der Waals surface area contributed by atoms with Crippen LogP contribution in [0.15, 0.2) is 12.7 Å². The van der Waals surface area contributed by atoms with Crippen LogP contribution in [0.5, 0.6) is 0 Å². The van der Waals surface area contributed by atoms with Crippen molar-refractivity contribution in [1.29, 1.82) is 0 Å². The highest BCUT2D eigenvalue weighted by Crippen LogP contribution is 2.76. The number of allylic oxidation sites excluding steroid dienone is 1. The summed E-state index contributed by atoms with van der Waals surface area (Å²) in [7, 11) is 0. The molecule has 0 radical (unpaired) electrons. The third-order valence-electron chi connectivity index (χ3n) is 2.53. The molecule has 1 unspecified atom stereocenters. The molecule has 0 aromatic carbocycles. The minimum absolute atomic E-state index is 0.0347. The second kappa shape index (κ2) is 0.995. The zero-order chi connectivity index (χ0) is 5.83. The molecule has 2 aliphatic rings. The van der Waals surface area contributed by atoms with E-state index in [4.69, 9.17) is 11.6 Å². The lowest BCUT2D eigenvalue weighted by molar-refractivity contribution is 0.846. The standard InChI is InChI=1S/C7H9Cl/c1-2-7(8)5-6(7)3-4-6/h2H,1,3-5H2. The van der Waals surface area contributed by atoms with E-state index in [1.54, 1.807) is 0 Å². The Labute approximate surface area is 54.5 Å². The Kier molecular flexibility index (Phi) is 0.605. The molecule has 44 valence electrons. The molecule has 0 N–H and O–H groups in total. The van der Waals surface area contributed by atoms with Gasteiger partial charge in [-0.1, -0.05) is 6.08 Å². The van der Waals surface area contributed by atoms with Crippen LogP contribution in [0.4, 0.5) is 0 Å². The summed E-state index contributed by atoms with van der Waals surface area (Å²) in [6.07, 6.45) is 5.76. The van der Waals surface area contributed by atoms with Crippen LogP contribution in [-0.4, -0.2) is 4.87 Å². The first kappa shape index (κ1) is 4.87. The highest BCUT2D eigenvalue weighted by atomic mass is 35.5. The largest absolute Gasteiger partial charge is 0.114 e. The molecule has 1 spiro atoms. The fraction of sp³-hybridized carbons (Fsp3) is 0.714. The van der Waals surface area contributed by atoms with Crippen LogP contribution in [0.1, 0.15) is 19.3 Å². The number of alkyl halides is 1. The van der Waals surface area contributed by atoms with E-state index in [0.717, 1.165) is 0 Å². The molecular weight excluding hydrogens is 120 g/mol. The molecular formula is C7H9Cl. The summed E-state index contributed by atoms with van der Waals surface area (Å²) >= 11 is 6.06. The molecule has 0 aromatic heterocycles. The molecule has 2 aliphatic carbocycles. The Balaban J connectivity index is 2.21. The molecule has 2 saturated carbocycles. The van der Waals surface area contributed by atoms with Gasteiger partial charge in [-0.05, 0) is 24.7 Å². The first-order valence-electron chi connectivity index (χ1n) is 3.05. The minimum Gasteiger partial charge on any atom is -0.114 e. The van der Waals surface area contributed by atoms with E-state index >= 15 is 0 Å². The molecule has 1 heteroatoms. The van der Waals surface area contributed by atoms with Crippen LogP contribution in [0, 0.1) is 5.41 Å². The van der Waals surface area contributed by atoms with Crippen molar-refractivity contribution in [2.24, 2.45) is 5.41 Å². The summed E-state index contributed by atoms with van der Waals surface area (Å²) in [6.45, 7) is 3.70. The first-order valence-corrected chi connectivity index (χ1v) is 3.43. The van der Waals surface area contributed by atoms with Crippen molar-refractivity contribution in [2.75, 3.05) is 0 Å². The van der Waals surface area contributed by atoms with Gasteiger partial charge >= 0.3 is 0 Å². The van der Waals surface area contributed by atoms with Crippen molar-refractivity contribution in [2.45, 2.75) is 24.1 Å². The van der Waals surface area contributed by atoms with Crippen LogP contribution in [0.2, 0.25) is 0 Å². The van der Waals surface area contributed by atoms with Gasteiger partial charge in [-0.3, -0.25) is 0 Å². The number of hydrogen-bond donors (Lipinski definition) is 0. The van der Waals surface area contributed by atoms with Crippen LogP contribution in [0.3, 0.4) is 0 Å². The highest BCUT2D eigenvalue weighted by molar-refractivity contribution is 6.28. The molecule has 0 aliphatic heterocycles. The lowest BCUT2D eigenvalue weighted by Gasteiger charge is -1.94. The lowest BCUT2D eigenvalue weighted by Crippen LogP contribution is -1.94. The topological polar surface area (TPSA) is 0 Å². The number of hydrogen-bond acceptors (Lipinski definition) is 0. The van der Waals surface area contributed by atoms with Crippen LogP contribution < -0.4 is 0 Å². The predicted molar refractivity (Wildman–Crippen MR) is 35.1 cm³/mol. The molecule has 0 nitrogen and oxygen atoms in total. The minimum atomic E-state index is 0.0347. The maximum absolute atomic E-state index is 6.06. The van der Waals surface area contributed by atoms with Crippen molar-refractivity contribution in [3.63, 3.8) is 0 Å². The Bertz CT molecular complexity index is 146. The van der Waals surface area contributed by atoms with Gasteiger partial charge in [-0.25, -0.2) is 0 Å². The Morgan fingerprint density at radius 2 is 2.12 bits per heavy atom. The monoisotopic (exact) mass is 128 g/mol. The quantitative estimate of drug-likeness (QED) is 0.376. The Morgan fingerprint density at radius 1 is 1.50 bits per heavy atom. The Hall–Kier alpha value is 0.0300. The zero-order valence-corrected chi connectivity index (χ0v) is 5.54. The van der Waals surface area contributed by atoms with Gasteiger partial charge in [0.05, 0.1) is 4.87 Å². The fourth-order valence-electron chi connectivity index (χ4n) is 1.48. The third kappa shape index (κ3) is 0.345. The van der Waals surface area contributed by atoms with E-state index < -0.39 is 0 Å². The lowest BCUT2D eigenvalue weighted by atomic mass is 10.3. The van der Waals surface area contributed by atoms with Crippen molar-refractivity contribution in [3.8, 4) is 0 Å². The van der Waals surface area contributed by atoms with Crippen LogP contribution in [0.25, 0.3) is 0 Å². The van der Waals surface area contributed by atoms with Crippen molar-refractivity contribution in [3.05, 3.63) is 12.7 Å². The molecule has 2 rings (SSSR count). The number of rotatable bonds is 1. The summed E-state index contributed by atoms with van der Waals surface area (Å²) < 4.78 is 0. The van der Waals surface area contributed by atoms with Crippen molar-refractivity contribution >= 4 is 11.6 Å². The molecule has 8 heavy (non-hydrogen) atoms. The maximum atomic E-state index is 6.06. The van der Waals surface area contributed by atoms with Gasteiger partial charge in [0.15, 0.2) is 0 Å². The van der Waals surface area contributed by atoms with E-state index in [2.05, 4.69) is 6.58 Å². The predicted octanol–water partition coefficient (Wildman–Crippen LogP) is 2.33. The average Bonchev–Trinajstić information content (AvgIpc) is 2.57. The maximum Gasteiger partial charge on any atom is 0.0686 e. The highest BCUT2D eigenvalue weighted by Gasteiger charge is 2.71. The SMILES string of the molecule is C=CC1(Cl)CC12CC2. The van der Waals surface area contributed by atoms with E-state index in [9.17, 15) is 0 Å². The molecule has 0 heterocycles. The van der Waals surface area contributed by atoms with Gasteiger partial charge in [-0.15, -0.1) is 18.2 Å². The van der Waals surface area contributed by atoms with Gasteiger partial charge in [0.1, 0.15) is 0 Å². The fourth-order valence-corrected chi connectivity index (χ4v) is 1.92. The molecule has 1 atom stereocenters. The van der Waals surface area contributed by atoms with Crippen LogP contribution >= 0.6 is 11.6 Å². The van der Waals surface area contributed by atoms with Crippen molar-refractivity contribution < 1.29 is 0 Å². The molecule has 0 bridgehead atoms. The first-order chi connectivity index (χ1) is 3.72. The third-order valence-corrected chi connectivity index (χ3v) is 3.22. The summed E-state index contributed by atoms with van der Waals surface area (Å²) in [5.74, 6) is 0. The summed E-state index contributed by atoms with van der Waals surface area (Å²) in [5, 5.41) is 0. The van der Waals surface area contributed by atoms with Gasteiger partial charge in [0.2, 0.25) is 0 Å². The summed E-state index contributed by atoms with van der Waals surface area (Å²) in [6, 6.07) is 0. The van der Waals surface area contributed by atoms with E-state index in [1.807, 2.05) is 6.08 Å². The molecule has 0 amide bonds. The van der Waals surface area contributed by atoms with Gasteiger partial charge in [0.25, 0.3) is 0 Å². The molecule has 0 saturated heterocycles. The second-order valence-electron chi connectivity index (χ2n) is 3.02. The molecule has 0 aromatic rings. The van der Waals surface area contributed by atoms with E-state index in [1.165, 1.54) is 19.3 Å². The summed E-state index contributed by atoms with van der Waals surface area (Å²) in [5.41, 5.74) is 0.552. The zero-order valence-electron chi connectivity index (χ0n) is 4.78. The normalized spacial score (nSPS) is 46.6. The van der Waals surface area contributed by atoms with E-state index in [0.29, 0.717) is 5.41 Å². The van der Waals surface area contributed by atoms with Gasteiger partial charge < -0.3 is 0 Å². The second-order valence-corrected chi connectivity index (χ2v) is 3.70. The Morgan fingerprint density at radius 3 is 2.25 bits per heavy atom. The summed E-state index contributed by atoms with van der Waals surface area (Å²) in [4.78, 5) is 0.0347. The van der Waals surface area contributed by atoms with Gasteiger partial charge in [0, 0.05) is 0 Å². The smallest absolute Gasteiger partial charge is 0.0686 e. The van der Waals surface area contributed by atoms with E-state index in [-0.39, 0.29) is 4.87 Å². The van der Waals surface area contributed by atoms with Gasteiger partial charge in [-0.2, -0.15) is 0 Å². The molecule has 2 fully saturated rings. The van der Waals surface area contributed by atoms with Crippen molar-refractivity contribution in [1.82, 2.24) is 0 Å².